The molecule has 2 atom stereocenters. The Morgan fingerprint density at radius 1 is 0.625 bits per heavy atom. The topological polar surface area (TPSA) is 80.3 Å². The van der Waals surface area contributed by atoms with E-state index in [2.05, 4.69) is 13.8 Å². The molecular weight excluding hydrogens is 304 g/mol. The van der Waals surface area contributed by atoms with E-state index < -0.39 is 11.9 Å². The van der Waals surface area contributed by atoms with E-state index in [1.807, 2.05) is 0 Å². The Morgan fingerprint density at radius 2 is 0.917 bits per heavy atom. The van der Waals surface area contributed by atoms with Gasteiger partial charge in [-0.15, -0.1) is 0 Å². The van der Waals surface area contributed by atoms with Crippen LogP contribution in [0.3, 0.4) is 0 Å². The van der Waals surface area contributed by atoms with Crippen LogP contribution in [0.2, 0.25) is 0 Å². The van der Waals surface area contributed by atoms with Gasteiger partial charge in [0.25, 0.3) is 0 Å². The van der Waals surface area contributed by atoms with E-state index in [4.69, 9.17) is 0 Å². The molecule has 0 saturated carbocycles. The van der Waals surface area contributed by atoms with Crippen LogP contribution in [0.4, 0.5) is 0 Å². The zero-order valence-corrected chi connectivity index (χ0v) is 16.3. The van der Waals surface area contributed by atoms with Crippen molar-refractivity contribution in [2.75, 3.05) is 0 Å². The molecule has 0 rings (SSSR count). The largest absolute Gasteiger partial charge is 0.550 e. The van der Waals surface area contributed by atoms with Gasteiger partial charge in [0.05, 0.1) is 0 Å². The van der Waals surface area contributed by atoms with Crippen LogP contribution in [0, 0.1) is 11.8 Å². The van der Waals surface area contributed by atoms with Gasteiger partial charge >= 0.3 is 0 Å². The fourth-order valence-corrected chi connectivity index (χ4v) is 2.34. The lowest BCUT2D eigenvalue weighted by Gasteiger charge is -2.11. The summed E-state index contributed by atoms with van der Waals surface area (Å²) in [6, 6.07) is 0. The van der Waals surface area contributed by atoms with Crippen molar-refractivity contribution in [3.05, 3.63) is 0 Å². The number of aliphatic carboxylic acids is 2. The fourth-order valence-electron chi connectivity index (χ4n) is 2.34. The molecule has 0 bridgehead atoms. The van der Waals surface area contributed by atoms with Crippen LogP contribution in [0.5, 0.6) is 0 Å². The van der Waals surface area contributed by atoms with Crippen molar-refractivity contribution in [1.29, 1.82) is 0 Å². The van der Waals surface area contributed by atoms with E-state index in [1.54, 1.807) is 13.8 Å². The Bertz CT molecular complexity index is 302. The maximum Gasteiger partial charge on any atom is 0.0442 e. The van der Waals surface area contributed by atoms with E-state index in [9.17, 15) is 19.8 Å². The summed E-state index contributed by atoms with van der Waals surface area (Å²) in [6.07, 6.45) is 13.4. The van der Waals surface area contributed by atoms with Crippen molar-refractivity contribution < 1.29 is 19.8 Å². The summed E-state index contributed by atoms with van der Waals surface area (Å²) >= 11 is 0. The number of carbonyl (C=O) groups excluding carboxylic acids is 2. The van der Waals surface area contributed by atoms with Crippen molar-refractivity contribution in [2.24, 2.45) is 11.8 Å². The lowest BCUT2D eigenvalue weighted by Crippen LogP contribution is -2.29. The monoisotopic (exact) mass is 342 g/mol. The Balaban J connectivity index is 0. The molecule has 0 aromatic carbocycles. The first-order valence-electron chi connectivity index (χ1n) is 9.78. The van der Waals surface area contributed by atoms with Gasteiger partial charge < -0.3 is 19.8 Å². The maximum absolute atomic E-state index is 10.4. The molecule has 24 heavy (non-hydrogen) atoms. The third kappa shape index (κ3) is 19.0. The minimum Gasteiger partial charge on any atom is -0.550 e. The third-order valence-corrected chi connectivity index (χ3v) is 4.29. The zero-order chi connectivity index (χ0) is 18.8. The highest BCUT2D eigenvalue weighted by Crippen LogP contribution is 2.11. The average molecular weight is 343 g/mol. The summed E-state index contributed by atoms with van der Waals surface area (Å²) < 4.78 is 0. The van der Waals surface area contributed by atoms with Crippen molar-refractivity contribution in [1.82, 2.24) is 0 Å². The molecular formula is C20H38O4-2. The third-order valence-electron chi connectivity index (χ3n) is 4.29. The SMILES string of the molecule is CCCCCCC(C)C(=O)[O-].CCCCCCCCC(C)C(=O)[O-]. The number of rotatable bonds is 14. The van der Waals surface area contributed by atoms with Crippen LogP contribution in [0.25, 0.3) is 0 Å². The molecule has 0 saturated heterocycles. The van der Waals surface area contributed by atoms with Crippen molar-refractivity contribution in [3.63, 3.8) is 0 Å². The summed E-state index contributed by atoms with van der Waals surface area (Å²) in [5.41, 5.74) is 0. The molecule has 4 heteroatoms. The lowest BCUT2D eigenvalue weighted by atomic mass is 10.0. The van der Waals surface area contributed by atoms with Gasteiger partial charge in [0.1, 0.15) is 0 Å². The van der Waals surface area contributed by atoms with Crippen molar-refractivity contribution in [3.8, 4) is 0 Å². The van der Waals surface area contributed by atoms with Gasteiger partial charge in [0.2, 0.25) is 0 Å². The van der Waals surface area contributed by atoms with Gasteiger partial charge in [0.15, 0.2) is 0 Å². The van der Waals surface area contributed by atoms with Crippen LogP contribution in [-0.2, 0) is 9.59 Å². The fraction of sp³-hybridized carbons (Fsp3) is 0.900. The second kappa shape index (κ2) is 18.3. The van der Waals surface area contributed by atoms with Gasteiger partial charge in [-0.25, -0.2) is 0 Å². The molecule has 0 aliphatic rings. The summed E-state index contributed by atoms with van der Waals surface area (Å²) in [4.78, 5) is 20.6. The predicted molar refractivity (Wildman–Crippen MR) is 95.1 cm³/mol. The molecule has 0 aromatic rings. The van der Waals surface area contributed by atoms with Gasteiger partial charge in [-0.3, -0.25) is 0 Å². The number of carboxylic acid groups (broad SMARTS) is 2. The number of hydrogen-bond acceptors (Lipinski definition) is 4. The molecule has 4 nitrogen and oxygen atoms in total. The van der Waals surface area contributed by atoms with E-state index in [0.29, 0.717) is 0 Å². The molecule has 0 N–H and O–H groups in total. The smallest absolute Gasteiger partial charge is 0.0442 e. The molecule has 0 fully saturated rings. The number of carbonyl (C=O) groups is 2. The first-order valence-corrected chi connectivity index (χ1v) is 9.78. The van der Waals surface area contributed by atoms with E-state index in [-0.39, 0.29) is 11.8 Å². The maximum atomic E-state index is 10.4. The Morgan fingerprint density at radius 3 is 1.25 bits per heavy atom. The molecule has 0 heterocycles. The van der Waals surface area contributed by atoms with Gasteiger partial charge in [-0.05, 0) is 24.7 Å². The number of unbranched alkanes of at least 4 members (excludes halogenated alkanes) is 8. The Kier molecular flexibility index (Phi) is 19.2. The summed E-state index contributed by atoms with van der Waals surface area (Å²) in [7, 11) is 0. The molecule has 144 valence electrons. The summed E-state index contributed by atoms with van der Waals surface area (Å²) in [6.45, 7) is 7.77. The van der Waals surface area contributed by atoms with Gasteiger partial charge in [-0.2, -0.15) is 0 Å². The first-order chi connectivity index (χ1) is 11.4. The van der Waals surface area contributed by atoms with E-state index in [0.717, 1.165) is 38.5 Å². The molecule has 0 spiro atoms. The van der Waals surface area contributed by atoms with E-state index in [1.165, 1.54) is 38.5 Å². The van der Waals surface area contributed by atoms with Crippen LogP contribution in [0.15, 0.2) is 0 Å². The Hall–Kier alpha value is -1.06. The van der Waals surface area contributed by atoms with Crippen molar-refractivity contribution in [2.45, 2.75) is 105 Å². The molecule has 0 aliphatic heterocycles. The lowest BCUT2D eigenvalue weighted by molar-refractivity contribution is -0.312. The highest BCUT2D eigenvalue weighted by molar-refractivity contribution is 5.67. The predicted octanol–water partition coefficient (Wildman–Crippen LogP) is 3.47. The molecule has 0 radical (unpaired) electrons. The second-order valence-corrected chi connectivity index (χ2v) is 6.85. The van der Waals surface area contributed by atoms with Crippen LogP contribution in [-0.4, -0.2) is 11.9 Å². The summed E-state index contributed by atoms with van der Waals surface area (Å²) in [5, 5.41) is 20.6. The number of carboxylic acids is 2. The standard InChI is InChI=1S/C11H22O2.C9H18O2/c1-3-4-5-6-7-8-9-10(2)11(12)13;1-3-4-5-6-7-8(2)9(10)11/h10H,3-9H2,1-2H3,(H,12,13);8H,3-7H2,1-2H3,(H,10,11)/p-2. The highest BCUT2D eigenvalue weighted by atomic mass is 16.4. The zero-order valence-electron chi connectivity index (χ0n) is 16.3. The van der Waals surface area contributed by atoms with Crippen molar-refractivity contribution >= 4 is 11.9 Å². The molecule has 0 aromatic heterocycles. The Labute approximate surface area is 149 Å². The first kappa shape index (κ1) is 25.2. The minimum atomic E-state index is -0.915. The second-order valence-electron chi connectivity index (χ2n) is 6.85. The average Bonchev–Trinajstić information content (AvgIpc) is 2.54. The van der Waals surface area contributed by atoms with Crippen LogP contribution in [0.1, 0.15) is 105 Å². The molecule has 0 amide bonds. The van der Waals surface area contributed by atoms with E-state index >= 15 is 0 Å². The minimum absolute atomic E-state index is 0.271. The highest BCUT2D eigenvalue weighted by Gasteiger charge is 2.01. The normalized spacial score (nSPS) is 12.8. The van der Waals surface area contributed by atoms with Gasteiger partial charge in [-0.1, -0.05) is 91.9 Å². The molecule has 0 aliphatic carbocycles. The van der Waals surface area contributed by atoms with Crippen LogP contribution < -0.4 is 10.2 Å². The summed E-state index contributed by atoms with van der Waals surface area (Å²) in [5.74, 6) is -2.37. The molecule has 2 unspecified atom stereocenters. The van der Waals surface area contributed by atoms with Gasteiger partial charge in [0, 0.05) is 11.9 Å². The number of hydrogen-bond donors (Lipinski definition) is 0. The quantitative estimate of drug-likeness (QED) is 0.453. The van der Waals surface area contributed by atoms with Crippen LogP contribution >= 0.6 is 0 Å².